The highest BCUT2D eigenvalue weighted by Crippen LogP contribution is 2.25. The van der Waals surface area contributed by atoms with Crippen LogP contribution in [-0.2, 0) is 11.3 Å². The molecule has 5 heteroatoms. The molecule has 0 spiro atoms. The van der Waals surface area contributed by atoms with Crippen molar-refractivity contribution in [3.8, 4) is 22.7 Å². The van der Waals surface area contributed by atoms with Gasteiger partial charge in [0, 0.05) is 17.3 Å². The molecule has 0 bridgehead atoms. The third kappa shape index (κ3) is 4.19. The maximum atomic E-state index is 11.7. The van der Waals surface area contributed by atoms with Gasteiger partial charge in [0.2, 0.25) is 0 Å². The number of carbonyl (C=O) groups excluding carboxylic acids is 1. The SMILES string of the molecule is COC(=O)c1ccc(-n2cc(COc3ccccc3)c(-c3ccccc3)n2)cc1. The van der Waals surface area contributed by atoms with Crippen LogP contribution in [0.5, 0.6) is 5.75 Å². The number of methoxy groups -OCH3 is 1. The van der Waals surface area contributed by atoms with E-state index in [1.807, 2.05) is 79.0 Å². The number of hydrogen-bond donors (Lipinski definition) is 0. The van der Waals surface area contributed by atoms with Crippen molar-refractivity contribution in [2.75, 3.05) is 7.11 Å². The molecule has 1 heterocycles. The van der Waals surface area contributed by atoms with Crippen molar-refractivity contribution in [1.82, 2.24) is 9.78 Å². The third-order valence-corrected chi connectivity index (χ3v) is 4.53. The Labute approximate surface area is 169 Å². The van der Waals surface area contributed by atoms with E-state index in [0.29, 0.717) is 12.2 Å². The number of hydrogen-bond acceptors (Lipinski definition) is 4. The molecule has 144 valence electrons. The molecule has 5 nitrogen and oxygen atoms in total. The number of ether oxygens (including phenoxy) is 2. The van der Waals surface area contributed by atoms with Crippen molar-refractivity contribution in [2.24, 2.45) is 0 Å². The molecule has 4 aromatic rings. The van der Waals surface area contributed by atoms with Gasteiger partial charge in [0.15, 0.2) is 0 Å². The summed E-state index contributed by atoms with van der Waals surface area (Å²) in [5, 5.41) is 4.78. The summed E-state index contributed by atoms with van der Waals surface area (Å²) in [5.41, 5.74) is 4.19. The molecule has 0 amide bonds. The minimum absolute atomic E-state index is 0.362. The smallest absolute Gasteiger partial charge is 0.337 e. The number of aromatic nitrogens is 2. The number of rotatable bonds is 6. The first-order valence-electron chi connectivity index (χ1n) is 9.25. The lowest BCUT2D eigenvalue weighted by atomic mass is 10.1. The van der Waals surface area contributed by atoms with E-state index in [-0.39, 0.29) is 5.97 Å². The maximum Gasteiger partial charge on any atom is 0.337 e. The lowest BCUT2D eigenvalue weighted by Crippen LogP contribution is -2.02. The fourth-order valence-corrected chi connectivity index (χ4v) is 3.03. The van der Waals surface area contributed by atoms with Crippen LogP contribution in [0.3, 0.4) is 0 Å². The Hall–Kier alpha value is -3.86. The van der Waals surface area contributed by atoms with Crippen LogP contribution in [0.4, 0.5) is 0 Å². The summed E-state index contributed by atoms with van der Waals surface area (Å²) in [6.07, 6.45) is 1.96. The number of carbonyl (C=O) groups is 1. The van der Waals surface area contributed by atoms with Gasteiger partial charge in [-0.05, 0) is 36.4 Å². The molecule has 0 atom stereocenters. The highest BCUT2D eigenvalue weighted by Gasteiger charge is 2.13. The van der Waals surface area contributed by atoms with E-state index in [0.717, 1.165) is 28.3 Å². The molecule has 3 aromatic carbocycles. The van der Waals surface area contributed by atoms with Gasteiger partial charge in [-0.3, -0.25) is 0 Å². The van der Waals surface area contributed by atoms with Gasteiger partial charge in [-0.25, -0.2) is 9.48 Å². The van der Waals surface area contributed by atoms with Crippen LogP contribution in [0.2, 0.25) is 0 Å². The van der Waals surface area contributed by atoms with E-state index < -0.39 is 0 Å². The summed E-state index contributed by atoms with van der Waals surface area (Å²) in [6.45, 7) is 0.397. The van der Waals surface area contributed by atoms with E-state index in [1.165, 1.54) is 7.11 Å². The second-order valence-electron chi connectivity index (χ2n) is 6.45. The average Bonchev–Trinajstić information content (AvgIpc) is 3.23. The predicted molar refractivity (Wildman–Crippen MR) is 111 cm³/mol. The molecule has 0 aliphatic carbocycles. The molecule has 0 saturated heterocycles. The maximum absolute atomic E-state index is 11.7. The van der Waals surface area contributed by atoms with E-state index in [1.54, 1.807) is 16.8 Å². The molecule has 4 rings (SSSR count). The monoisotopic (exact) mass is 384 g/mol. The normalized spacial score (nSPS) is 10.5. The Bertz CT molecular complexity index is 1090. The van der Waals surface area contributed by atoms with Crippen LogP contribution in [-0.4, -0.2) is 22.9 Å². The first-order chi connectivity index (χ1) is 14.2. The van der Waals surface area contributed by atoms with E-state index in [9.17, 15) is 4.79 Å². The number of para-hydroxylation sites is 1. The van der Waals surface area contributed by atoms with Crippen molar-refractivity contribution in [2.45, 2.75) is 6.61 Å². The molecule has 29 heavy (non-hydrogen) atoms. The predicted octanol–water partition coefficient (Wildman–Crippen LogP) is 4.90. The van der Waals surface area contributed by atoms with Gasteiger partial charge in [0.25, 0.3) is 0 Å². The molecule has 0 aliphatic heterocycles. The van der Waals surface area contributed by atoms with Gasteiger partial charge >= 0.3 is 5.97 Å². The van der Waals surface area contributed by atoms with Gasteiger partial charge in [0.05, 0.1) is 24.1 Å². The number of esters is 1. The summed E-state index contributed by atoms with van der Waals surface area (Å²) in [6, 6.07) is 26.9. The van der Waals surface area contributed by atoms with Crippen LogP contribution in [0, 0.1) is 0 Å². The van der Waals surface area contributed by atoms with Crippen LogP contribution in [0.15, 0.2) is 91.1 Å². The Morgan fingerprint density at radius 3 is 2.21 bits per heavy atom. The first-order valence-corrected chi connectivity index (χ1v) is 9.25. The van der Waals surface area contributed by atoms with Gasteiger partial charge in [-0.2, -0.15) is 5.10 Å². The van der Waals surface area contributed by atoms with Gasteiger partial charge in [-0.15, -0.1) is 0 Å². The second-order valence-corrected chi connectivity index (χ2v) is 6.45. The van der Waals surface area contributed by atoms with Gasteiger partial charge < -0.3 is 9.47 Å². The Kier molecular flexibility index (Phi) is 5.38. The van der Waals surface area contributed by atoms with Crippen molar-refractivity contribution >= 4 is 5.97 Å². The lowest BCUT2D eigenvalue weighted by Gasteiger charge is -2.06. The Balaban J connectivity index is 1.66. The summed E-state index contributed by atoms with van der Waals surface area (Å²) in [7, 11) is 1.37. The van der Waals surface area contributed by atoms with Crippen molar-refractivity contribution < 1.29 is 14.3 Å². The van der Waals surface area contributed by atoms with Crippen molar-refractivity contribution in [3.63, 3.8) is 0 Å². The zero-order valence-electron chi connectivity index (χ0n) is 16.0. The highest BCUT2D eigenvalue weighted by molar-refractivity contribution is 5.89. The molecular weight excluding hydrogens is 364 g/mol. The summed E-state index contributed by atoms with van der Waals surface area (Å²) < 4.78 is 12.5. The molecular formula is C24H20N2O3. The van der Waals surface area contributed by atoms with Gasteiger partial charge in [-0.1, -0.05) is 48.5 Å². The lowest BCUT2D eigenvalue weighted by molar-refractivity contribution is 0.0600. The fraction of sp³-hybridized carbons (Fsp3) is 0.0833. The third-order valence-electron chi connectivity index (χ3n) is 4.53. The van der Waals surface area contributed by atoms with Crippen LogP contribution < -0.4 is 4.74 Å². The Morgan fingerprint density at radius 2 is 1.55 bits per heavy atom. The van der Waals surface area contributed by atoms with Crippen LogP contribution >= 0.6 is 0 Å². The summed E-state index contributed by atoms with van der Waals surface area (Å²) in [4.78, 5) is 11.7. The quantitative estimate of drug-likeness (QED) is 0.444. The average molecular weight is 384 g/mol. The van der Waals surface area contributed by atoms with Crippen molar-refractivity contribution in [1.29, 1.82) is 0 Å². The molecule has 0 N–H and O–H groups in total. The molecule has 1 aromatic heterocycles. The standard InChI is InChI=1S/C24H20N2O3/c1-28-24(27)19-12-14-21(15-13-19)26-16-20(17-29-22-10-6-3-7-11-22)23(25-26)18-8-4-2-5-9-18/h2-16H,17H2,1H3. The summed E-state index contributed by atoms with van der Waals surface area (Å²) >= 11 is 0. The highest BCUT2D eigenvalue weighted by atomic mass is 16.5. The molecule has 0 fully saturated rings. The second kappa shape index (κ2) is 8.44. The van der Waals surface area contributed by atoms with Crippen LogP contribution in [0.1, 0.15) is 15.9 Å². The fourth-order valence-electron chi connectivity index (χ4n) is 3.03. The molecule has 0 saturated carbocycles. The first kappa shape index (κ1) is 18.5. The molecule has 0 unspecified atom stereocenters. The summed E-state index contributed by atoms with van der Waals surface area (Å²) in [5.74, 6) is 0.445. The zero-order valence-corrected chi connectivity index (χ0v) is 16.0. The Morgan fingerprint density at radius 1 is 0.897 bits per heavy atom. The largest absolute Gasteiger partial charge is 0.489 e. The molecule has 0 aliphatic rings. The number of nitrogens with zero attached hydrogens (tertiary/aromatic N) is 2. The van der Waals surface area contributed by atoms with Crippen molar-refractivity contribution in [3.05, 3.63) is 102 Å². The van der Waals surface area contributed by atoms with Crippen LogP contribution in [0.25, 0.3) is 16.9 Å². The molecule has 0 radical (unpaired) electrons. The zero-order chi connectivity index (χ0) is 20.1. The minimum Gasteiger partial charge on any atom is -0.489 e. The number of benzene rings is 3. The van der Waals surface area contributed by atoms with Gasteiger partial charge in [0.1, 0.15) is 12.4 Å². The van der Waals surface area contributed by atoms with E-state index in [2.05, 4.69) is 0 Å². The van der Waals surface area contributed by atoms with E-state index >= 15 is 0 Å². The van der Waals surface area contributed by atoms with E-state index in [4.69, 9.17) is 14.6 Å². The topological polar surface area (TPSA) is 53.4 Å². The minimum atomic E-state index is -0.362.